The lowest BCUT2D eigenvalue weighted by molar-refractivity contribution is 1.05. The van der Waals surface area contributed by atoms with Crippen LogP contribution in [0.15, 0.2) is 65.1 Å². The van der Waals surface area contributed by atoms with Crippen molar-refractivity contribution in [1.82, 2.24) is 0 Å². The van der Waals surface area contributed by atoms with Crippen LogP contribution in [0.3, 0.4) is 0 Å². The minimum absolute atomic E-state index is 0.373. The molecule has 3 aromatic carbocycles. The van der Waals surface area contributed by atoms with Crippen LogP contribution in [0.5, 0.6) is 0 Å². The Bertz CT molecular complexity index is 874. The Morgan fingerprint density at radius 1 is 0.905 bits per heavy atom. The first-order valence-corrected chi connectivity index (χ1v) is 7.99. The van der Waals surface area contributed by atoms with Gasteiger partial charge in [-0.1, -0.05) is 70.5 Å². The van der Waals surface area contributed by atoms with Crippen LogP contribution in [0.1, 0.15) is 28.2 Å². The van der Waals surface area contributed by atoms with E-state index in [1.807, 2.05) is 0 Å². The van der Waals surface area contributed by atoms with Gasteiger partial charge < -0.3 is 0 Å². The van der Waals surface area contributed by atoms with E-state index in [1.54, 1.807) is 0 Å². The summed E-state index contributed by atoms with van der Waals surface area (Å²) < 4.78 is 1.17. The van der Waals surface area contributed by atoms with E-state index < -0.39 is 0 Å². The average Bonchev–Trinajstić information content (AvgIpc) is 2.95. The predicted octanol–water partition coefficient (Wildman–Crippen LogP) is 6.07. The maximum atomic E-state index is 3.69. The Morgan fingerprint density at radius 2 is 1.76 bits per heavy atom. The first-order chi connectivity index (χ1) is 10.2. The molecule has 0 saturated heterocycles. The molecule has 0 amide bonds. The summed E-state index contributed by atoms with van der Waals surface area (Å²) in [6, 6.07) is 19.8. The molecule has 0 nitrogen and oxygen atoms in total. The van der Waals surface area contributed by atoms with Gasteiger partial charge in [0.15, 0.2) is 0 Å². The Labute approximate surface area is 133 Å². The molecule has 0 spiro atoms. The number of rotatable bonds is 1. The fourth-order valence-corrected chi connectivity index (χ4v) is 3.67. The molecule has 0 fully saturated rings. The first kappa shape index (κ1) is 12.8. The van der Waals surface area contributed by atoms with Gasteiger partial charge in [-0.2, -0.15) is 0 Å². The van der Waals surface area contributed by atoms with Gasteiger partial charge in [0, 0.05) is 10.4 Å². The van der Waals surface area contributed by atoms with Crippen molar-refractivity contribution in [2.24, 2.45) is 0 Å². The van der Waals surface area contributed by atoms with E-state index in [-0.39, 0.29) is 0 Å². The van der Waals surface area contributed by atoms with Gasteiger partial charge in [0.25, 0.3) is 0 Å². The number of benzene rings is 3. The minimum atomic E-state index is 0.373. The van der Waals surface area contributed by atoms with Gasteiger partial charge in [-0.15, -0.1) is 0 Å². The van der Waals surface area contributed by atoms with E-state index in [0.717, 1.165) is 0 Å². The Balaban J connectivity index is 1.90. The SMILES string of the molecule is Cc1ccc(Br)c2cc(C3C=Cc4ccccc43)ccc12. The smallest absolute Gasteiger partial charge is 0.0278 e. The monoisotopic (exact) mass is 334 g/mol. The van der Waals surface area contributed by atoms with Crippen molar-refractivity contribution in [2.45, 2.75) is 12.8 Å². The number of hydrogen-bond donors (Lipinski definition) is 0. The fraction of sp³-hybridized carbons (Fsp3) is 0.100. The molecule has 0 heterocycles. The van der Waals surface area contributed by atoms with E-state index in [9.17, 15) is 0 Å². The second-order valence-corrected chi connectivity index (χ2v) is 6.49. The molecule has 21 heavy (non-hydrogen) atoms. The first-order valence-electron chi connectivity index (χ1n) is 7.20. The van der Waals surface area contributed by atoms with E-state index >= 15 is 0 Å². The molecule has 0 aromatic heterocycles. The van der Waals surface area contributed by atoms with E-state index in [1.165, 1.54) is 37.5 Å². The van der Waals surface area contributed by atoms with Crippen LogP contribution in [-0.4, -0.2) is 0 Å². The molecule has 4 rings (SSSR count). The zero-order chi connectivity index (χ0) is 14.4. The van der Waals surface area contributed by atoms with Crippen LogP contribution in [0, 0.1) is 6.92 Å². The lowest BCUT2D eigenvalue weighted by atomic mass is 9.91. The highest BCUT2D eigenvalue weighted by Crippen LogP contribution is 2.37. The van der Waals surface area contributed by atoms with Crippen LogP contribution >= 0.6 is 15.9 Å². The molecule has 1 aliphatic carbocycles. The highest BCUT2D eigenvalue weighted by molar-refractivity contribution is 9.10. The summed E-state index contributed by atoms with van der Waals surface area (Å²) in [5.41, 5.74) is 5.42. The maximum Gasteiger partial charge on any atom is 0.0278 e. The standard InChI is InChI=1S/C20H15Br/c1-13-6-11-20(21)19-12-15(8-9-16(13)19)18-10-7-14-4-2-3-5-17(14)18/h2-12,18H,1H3. The van der Waals surface area contributed by atoms with Crippen molar-refractivity contribution in [3.8, 4) is 0 Å². The predicted molar refractivity (Wildman–Crippen MR) is 93.7 cm³/mol. The summed E-state index contributed by atoms with van der Waals surface area (Å²) in [7, 11) is 0. The molecule has 1 aliphatic rings. The molecule has 0 N–H and O–H groups in total. The Morgan fingerprint density at radius 3 is 2.67 bits per heavy atom. The van der Waals surface area contributed by atoms with E-state index in [2.05, 4.69) is 89.6 Å². The Hall–Kier alpha value is -1.86. The largest absolute Gasteiger partial charge is 0.0720 e. The highest BCUT2D eigenvalue weighted by Gasteiger charge is 2.19. The highest BCUT2D eigenvalue weighted by atomic mass is 79.9. The van der Waals surface area contributed by atoms with Crippen LogP contribution < -0.4 is 0 Å². The second kappa shape index (κ2) is 4.85. The summed E-state index contributed by atoms with van der Waals surface area (Å²) in [6.45, 7) is 2.17. The van der Waals surface area contributed by atoms with Gasteiger partial charge in [-0.3, -0.25) is 0 Å². The number of hydrogen-bond acceptors (Lipinski definition) is 0. The molecule has 1 atom stereocenters. The van der Waals surface area contributed by atoms with Crippen LogP contribution in [0.4, 0.5) is 0 Å². The zero-order valence-corrected chi connectivity index (χ0v) is 13.4. The molecule has 102 valence electrons. The summed E-state index contributed by atoms with van der Waals surface area (Å²) in [4.78, 5) is 0. The summed E-state index contributed by atoms with van der Waals surface area (Å²) in [6.07, 6.45) is 4.53. The van der Waals surface area contributed by atoms with Crippen molar-refractivity contribution in [2.75, 3.05) is 0 Å². The molecule has 0 radical (unpaired) electrons. The van der Waals surface area contributed by atoms with Gasteiger partial charge >= 0.3 is 0 Å². The number of allylic oxidation sites excluding steroid dienone is 1. The zero-order valence-electron chi connectivity index (χ0n) is 11.8. The minimum Gasteiger partial charge on any atom is -0.0720 e. The van der Waals surface area contributed by atoms with Gasteiger partial charge in [-0.05, 0) is 52.1 Å². The third kappa shape index (κ3) is 2.04. The summed E-state index contributed by atoms with van der Waals surface area (Å²) in [5, 5.41) is 2.62. The van der Waals surface area contributed by atoms with Crippen molar-refractivity contribution in [1.29, 1.82) is 0 Å². The fourth-order valence-electron chi connectivity index (χ4n) is 3.21. The van der Waals surface area contributed by atoms with Crippen LogP contribution in [0.2, 0.25) is 0 Å². The van der Waals surface area contributed by atoms with Gasteiger partial charge in [0.05, 0.1) is 0 Å². The van der Waals surface area contributed by atoms with Crippen LogP contribution in [-0.2, 0) is 0 Å². The van der Waals surface area contributed by atoms with Gasteiger partial charge in [0.2, 0.25) is 0 Å². The molecule has 0 saturated carbocycles. The lowest BCUT2D eigenvalue weighted by Crippen LogP contribution is -1.96. The molecule has 0 aliphatic heterocycles. The molecule has 1 heteroatoms. The third-order valence-corrected chi connectivity index (χ3v) is 5.06. The molecule has 3 aromatic rings. The van der Waals surface area contributed by atoms with Crippen molar-refractivity contribution >= 4 is 32.8 Å². The van der Waals surface area contributed by atoms with Crippen molar-refractivity contribution in [3.63, 3.8) is 0 Å². The quantitative estimate of drug-likeness (QED) is 0.506. The van der Waals surface area contributed by atoms with Crippen molar-refractivity contribution < 1.29 is 0 Å². The number of aryl methyl sites for hydroxylation is 1. The van der Waals surface area contributed by atoms with Crippen LogP contribution in [0.25, 0.3) is 16.8 Å². The normalized spacial score (nSPS) is 16.4. The molecule has 1 unspecified atom stereocenters. The third-order valence-electron chi connectivity index (χ3n) is 4.36. The Kier molecular flexibility index (Phi) is 2.97. The van der Waals surface area contributed by atoms with Gasteiger partial charge in [0.1, 0.15) is 0 Å². The van der Waals surface area contributed by atoms with Crippen molar-refractivity contribution in [3.05, 3.63) is 87.4 Å². The average molecular weight is 335 g/mol. The molecule has 0 bridgehead atoms. The number of fused-ring (bicyclic) bond motifs is 2. The maximum absolute atomic E-state index is 3.69. The lowest BCUT2D eigenvalue weighted by Gasteiger charge is -2.14. The molecular formula is C20H15Br. The van der Waals surface area contributed by atoms with E-state index in [4.69, 9.17) is 0 Å². The topological polar surface area (TPSA) is 0 Å². The second-order valence-electron chi connectivity index (χ2n) is 5.64. The molecular weight excluding hydrogens is 320 g/mol. The van der Waals surface area contributed by atoms with E-state index in [0.29, 0.717) is 5.92 Å². The number of halogens is 1. The summed E-state index contributed by atoms with van der Waals surface area (Å²) >= 11 is 3.69. The summed E-state index contributed by atoms with van der Waals surface area (Å²) in [5.74, 6) is 0.373. The van der Waals surface area contributed by atoms with Gasteiger partial charge in [-0.25, -0.2) is 0 Å².